The van der Waals surface area contributed by atoms with Crippen LogP contribution in [0, 0.1) is 11.3 Å². The lowest BCUT2D eigenvalue weighted by Gasteiger charge is -2.23. The van der Waals surface area contributed by atoms with Gasteiger partial charge in [-0.05, 0) is 41.7 Å². The molecule has 1 aliphatic rings. The summed E-state index contributed by atoms with van der Waals surface area (Å²) in [5, 5.41) is 21.8. The van der Waals surface area contributed by atoms with Crippen LogP contribution in [0.1, 0.15) is 43.4 Å². The van der Waals surface area contributed by atoms with E-state index in [2.05, 4.69) is 25.2 Å². The molecule has 2 aromatic carbocycles. The standard InChI is InChI=1S/C24H27N3O4/c1-16(2)18-6-8-19(9-7-18)24(3)22(29)27(23(30)26-24)14-20(28)15-31-21-10-4-17(5-11-21)12-13-25/h4-11,16,20,28H,12,14-15H2,1-3H3,(H,26,30)/t20-,24-/m0/s1. The van der Waals surface area contributed by atoms with Gasteiger partial charge >= 0.3 is 6.03 Å². The zero-order chi connectivity index (χ0) is 22.6. The smallest absolute Gasteiger partial charge is 0.325 e. The Balaban J connectivity index is 1.61. The number of imide groups is 1. The minimum Gasteiger partial charge on any atom is -0.491 e. The molecule has 162 valence electrons. The highest BCUT2D eigenvalue weighted by molar-refractivity contribution is 6.07. The van der Waals surface area contributed by atoms with Gasteiger partial charge in [-0.2, -0.15) is 5.26 Å². The number of nitrogens with one attached hydrogen (secondary N) is 1. The molecular weight excluding hydrogens is 394 g/mol. The van der Waals surface area contributed by atoms with Crippen molar-refractivity contribution in [1.29, 1.82) is 5.26 Å². The first kappa shape index (κ1) is 22.3. The van der Waals surface area contributed by atoms with Gasteiger partial charge in [0, 0.05) is 0 Å². The summed E-state index contributed by atoms with van der Waals surface area (Å²) >= 11 is 0. The minimum atomic E-state index is -1.18. The topological polar surface area (TPSA) is 103 Å². The molecule has 0 aliphatic carbocycles. The van der Waals surface area contributed by atoms with Crippen molar-refractivity contribution in [2.75, 3.05) is 13.2 Å². The van der Waals surface area contributed by atoms with Gasteiger partial charge in [-0.3, -0.25) is 9.69 Å². The van der Waals surface area contributed by atoms with E-state index in [0.717, 1.165) is 16.0 Å². The Hall–Kier alpha value is -3.37. The van der Waals surface area contributed by atoms with Gasteiger partial charge in [-0.15, -0.1) is 0 Å². The first-order valence-corrected chi connectivity index (χ1v) is 10.3. The molecule has 1 saturated heterocycles. The number of aliphatic hydroxyl groups is 1. The lowest BCUT2D eigenvalue weighted by molar-refractivity contribution is -0.132. The highest BCUT2D eigenvalue weighted by atomic mass is 16.5. The van der Waals surface area contributed by atoms with Crippen LogP contribution in [0.5, 0.6) is 5.75 Å². The molecule has 1 heterocycles. The van der Waals surface area contributed by atoms with Crippen molar-refractivity contribution in [2.24, 2.45) is 0 Å². The molecule has 1 aliphatic heterocycles. The molecular formula is C24H27N3O4. The van der Waals surface area contributed by atoms with Crippen molar-refractivity contribution in [3.8, 4) is 11.8 Å². The Morgan fingerprint density at radius 3 is 2.35 bits per heavy atom. The normalized spacial score (nSPS) is 19.3. The molecule has 0 radical (unpaired) electrons. The summed E-state index contributed by atoms with van der Waals surface area (Å²) < 4.78 is 5.55. The number of benzene rings is 2. The second-order valence-electron chi connectivity index (χ2n) is 8.19. The number of nitriles is 1. The van der Waals surface area contributed by atoms with Crippen LogP contribution >= 0.6 is 0 Å². The maximum Gasteiger partial charge on any atom is 0.325 e. The van der Waals surface area contributed by atoms with Crippen LogP contribution in [-0.2, 0) is 16.8 Å². The molecule has 7 heteroatoms. The number of urea groups is 1. The maximum atomic E-state index is 13.0. The van der Waals surface area contributed by atoms with E-state index in [1.807, 2.05) is 24.3 Å². The van der Waals surface area contributed by atoms with Crippen LogP contribution in [0.3, 0.4) is 0 Å². The van der Waals surface area contributed by atoms with Crippen LogP contribution in [0.15, 0.2) is 48.5 Å². The summed E-state index contributed by atoms with van der Waals surface area (Å²) in [7, 11) is 0. The number of ether oxygens (including phenoxy) is 1. The number of carbonyl (C=O) groups is 2. The van der Waals surface area contributed by atoms with Crippen LogP contribution in [-0.4, -0.2) is 41.2 Å². The highest BCUT2D eigenvalue weighted by Crippen LogP contribution is 2.30. The van der Waals surface area contributed by atoms with Crippen molar-refractivity contribution >= 4 is 11.9 Å². The number of carbonyl (C=O) groups excluding carboxylic acids is 2. The van der Waals surface area contributed by atoms with Crippen LogP contribution in [0.2, 0.25) is 0 Å². The molecule has 0 aromatic heterocycles. The quantitative estimate of drug-likeness (QED) is 0.638. The van der Waals surface area contributed by atoms with E-state index < -0.39 is 23.6 Å². The SMILES string of the molecule is CC(C)c1ccc([C@]2(C)NC(=O)N(C[C@H](O)COc3ccc(CC#N)cc3)C2=O)cc1. The van der Waals surface area contributed by atoms with Gasteiger partial charge in [-0.25, -0.2) is 4.79 Å². The molecule has 2 atom stereocenters. The lowest BCUT2D eigenvalue weighted by Crippen LogP contribution is -2.42. The summed E-state index contributed by atoms with van der Waals surface area (Å²) in [5.41, 5.74) is 1.54. The van der Waals surface area contributed by atoms with E-state index in [4.69, 9.17) is 10.00 Å². The number of aliphatic hydroxyl groups excluding tert-OH is 1. The summed E-state index contributed by atoms with van der Waals surface area (Å²) in [6.07, 6.45) is -0.729. The van der Waals surface area contributed by atoms with E-state index in [1.54, 1.807) is 31.2 Å². The average molecular weight is 421 g/mol. The third-order valence-electron chi connectivity index (χ3n) is 5.47. The Labute approximate surface area is 182 Å². The van der Waals surface area contributed by atoms with Crippen LogP contribution in [0.25, 0.3) is 0 Å². The lowest BCUT2D eigenvalue weighted by atomic mass is 9.90. The van der Waals surface area contributed by atoms with Crippen molar-refractivity contribution in [3.63, 3.8) is 0 Å². The van der Waals surface area contributed by atoms with E-state index in [0.29, 0.717) is 23.7 Å². The zero-order valence-electron chi connectivity index (χ0n) is 18.0. The molecule has 3 amide bonds. The second kappa shape index (κ2) is 9.19. The third-order valence-corrected chi connectivity index (χ3v) is 5.47. The van der Waals surface area contributed by atoms with Crippen LogP contribution < -0.4 is 10.1 Å². The summed E-state index contributed by atoms with van der Waals surface area (Å²) in [4.78, 5) is 26.5. The van der Waals surface area contributed by atoms with E-state index in [-0.39, 0.29) is 13.2 Å². The molecule has 31 heavy (non-hydrogen) atoms. The zero-order valence-corrected chi connectivity index (χ0v) is 18.0. The Bertz CT molecular complexity index is 979. The number of rotatable bonds is 8. The van der Waals surface area contributed by atoms with Crippen LogP contribution in [0.4, 0.5) is 4.79 Å². The number of hydrogen-bond acceptors (Lipinski definition) is 5. The second-order valence-corrected chi connectivity index (χ2v) is 8.19. The molecule has 0 bridgehead atoms. The first-order chi connectivity index (χ1) is 14.7. The number of hydrogen-bond donors (Lipinski definition) is 2. The summed E-state index contributed by atoms with van der Waals surface area (Å²) in [5.74, 6) is 0.493. The van der Waals surface area contributed by atoms with Gasteiger partial charge in [0.1, 0.15) is 24.0 Å². The molecule has 0 spiro atoms. The predicted octanol–water partition coefficient (Wildman–Crippen LogP) is 3.08. The van der Waals surface area contributed by atoms with Gasteiger partial charge in [0.05, 0.1) is 19.0 Å². The molecule has 2 N–H and O–H groups in total. The summed E-state index contributed by atoms with van der Waals surface area (Å²) in [6.45, 7) is 5.60. The molecule has 7 nitrogen and oxygen atoms in total. The number of amides is 3. The van der Waals surface area contributed by atoms with E-state index >= 15 is 0 Å². The number of β-amino-alcohol motifs (C(OH)–C–C–N with tert-alkyl or cyclic N) is 1. The van der Waals surface area contributed by atoms with Gasteiger partial charge in [0.25, 0.3) is 5.91 Å². The fourth-order valence-electron chi connectivity index (χ4n) is 3.51. The van der Waals surface area contributed by atoms with Crippen molar-refractivity contribution < 1.29 is 19.4 Å². The summed E-state index contributed by atoms with van der Waals surface area (Å²) in [6, 6.07) is 16.1. The molecule has 2 aromatic rings. The fourth-order valence-corrected chi connectivity index (χ4v) is 3.51. The van der Waals surface area contributed by atoms with E-state index in [1.165, 1.54) is 0 Å². The van der Waals surface area contributed by atoms with Gasteiger partial charge in [0.15, 0.2) is 0 Å². The van der Waals surface area contributed by atoms with Gasteiger partial charge in [0.2, 0.25) is 0 Å². The molecule has 3 rings (SSSR count). The fraction of sp³-hybridized carbons (Fsp3) is 0.375. The Morgan fingerprint density at radius 2 is 1.77 bits per heavy atom. The third kappa shape index (κ3) is 4.86. The number of nitrogens with zero attached hydrogens (tertiary/aromatic N) is 2. The Kier molecular flexibility index (Phi) is 6.62. The largest absolute Gasteiger partial charge is 0.491 e. The molecule has 0 unspecified atom stereocenters. The Morgan fingerprint density at radius 1 is 1.13 bits per heavy atom. The minimum absolute atomic E-state index is 0.0749. The predicted molar refractivity (Wildman–Crippen MR) is 115 cm³/mol. The van der Waals surface area contributed by atoms with Crippen molar-refractivity contribution in [2.45, 2.75) is 44.8 Å². The molecule has 0 saturated carbocycles. The monoisotopic (exact) mass is 421 g/mol. The van der Waals surface area contributed by atoms with Crippen molar-refractivity contribution in [1.82, 2.24) is 10.2 Å². The highest BCUT2D eigenvalue weighted by Gasteiger charge is 2.49. The van der Waals surface area contributed by atoms with Crippen molar-refractivity contribution in [3.05, 3.63) is 65.2 Å². The van der Waals surface area contributed by atoms with Gasteiger partial charge in [-0.1, -0.05) is 50.2 Å². The average Bonchev–Trinajstić information content (AvgIpc) is 2.97. The van der Waals surface area contributed by atoms with Gasteiger partial charge < -0.3 is 15.2 Å². The molecule has 1 fully saturated rings. The first-order valence-electron chi connectivity index (χ1n) is 10.3. The van der Waals surface area contributed by atoms with E-state index in [9.17, 15) is 14.7 Å². The maximum absolute atomic E-state index is 13.0.